The molecule has 0 aromatic heterocycles. The number of amides is 1. The van der Waals surface area contributed by atoms with Gasteiger partial charge < -0.3 is 15.0 Å². The molecule has 0 aliphatic carbocycles. The molecule has 1 saturated heterocycles. The Morgan fingerprint density at radius 1 is 1.38 bits per heavy atom. The van der Waals surface area contributed by atoms with Gasteiger partial charge in [-0.05, 0) is 30.5 Å². The molecule has 2 atom stereocenters. The second-order valence-corrected chi connectivity index (χ2v) is 6.18. The summed E-state index contributed by atoms with van der Waals surface area (Å²) in [6.07, 6.45) is 0.457. The van der Waals surface area contributed by atoms with Gasteiger partial charge in [0.1, 0.15) is 5.75 Å². The van der Waals surface area contributed by atoms with Crippen molar-refractivity contribution in [1.29, 1.82) is 0 Å². The van der Waals surface area contributed by atoms with Gasteiger partial charge in [0.2, 0.25) is 5.91 Å². The SMILES string of the molecule is COc1ccc(CC(=O)N2CC(C(C)C)NCC2C)cc1. The minimum Gasteiger partial charge on any atom is -0.497 e. The highest BCUT2D eigenvalue weighted by molar-refractivity contribution is 5.79. The van der Waals surface area contributed by atoms with Gasteiger partial charge in [-0.15, -0.1) is 0 Å². The Balaban J connectivity index is 2.00. The Morgan fingerprint density at radius 2 is 2.05 bits per heavy atom. The molecule has 1 aromatic carbocycles. The van der Waals surface area contributed by atoms with E-state index in [1.54, 1.807) is 7.11 Å². The van der Waals surface area contributed by atoms with Crippen LogP contribution in [-0.2, 0) is 11.2 Å². The molecule has 1 aliphatic heterocycles. The molecular weight excluding hydrogens is 264 g/mol. The minimum atomic E-state index is 0.208. The summed E-state index contributed by atoms with van der Waals surface area (Å²) in [5.74, 6) is 1.57. The van der Waals surface area contributed by atoms with E-state index in [9.17, 15) is 4.79 Å². The maximum atomic E-state index is 12.6. The number of carbonyl (C=O) groups is 1. The van der Waals surface area contributed by atoms with Crippen molar-refractivity contribution in [3.63, 3.8) is 0 Å². The van der Waals surface area contributed by atoms with Gasteiger partial charge in [0.15, 0.2) is 0 Å². The molecule has 1 heterocycles. The molecule has 4 heteroatoms. The molecule has 116 valence electrons. The molecule has 0 spiro atoms. The van der Waals surface area contributed by atoms with Crippen LogP contribution in [0.15, 0.2) is 24.3 Å². The summed E-state index contributed by atoms with van der Waals surface area (Å²) >= 11 is 0. The fourth-order valence-corrected chi connectivity index (χ4v) is 2.70. The van der Waals surface area contributed by atoms with Crippen molar-refractivity contribution in [2.45, 2.75) is 39.3 Å². The first-order valence-corrected chi connectivity index (χ1v) is 7.67. The summed E-state index contributed by atoms with van der Waals surface area (Å²) < 4.78 is 5.14. The van der Waals surface area contributed by atoms with E-state index in [1.807, 2.05) is 29.2 Å². The molecule has 0 radical (unpaired) electrons. The highest BCUT2D eigenvalue weighted by Crippen LogP contribution is 2.16. The van der Waals surface area contributed by atoms with Gasteiger partial charge in [-0.25, -0.2) is 0 Å². The molecule has 0 saturated carbocycles. The van der Waals surface area contributed by atoms with Crippen LogP contribution in [0.4, 0.5) is 0 Å². The van der Waals surface area contributed by atoms with Crippen molar-refractivity contribution in [1.82, 2.24) is 10.2 Å². The predicted molar refractivity (Wildman–Crippen MR) is 84.5 cm³/mol. The first-order chi connectivity index (χ1) is 10.0. The lowest BCUT2D eigenvalue weighted by atomic mass is 9.99. The average molecular weight is 290 g/mol. The predicted octanol–water partition coefficient (Wildman–Crippen LogP) is 2.08. The lowest BCUT2D eigenvalue weighted by Crippen LogP contribution is -2.59. The van der Waals surface area contributed by atoms with Crippen LogP contribution in [0.1, 0.15) is 26.3 Å². The zero-order valence-electron chi connectivity index (χ0n) is 13.4. The Morgan fingerprint density at radius 3 is 2.62 bits per heavy atom. The number of methoxy groups -OCH3 is 1. The van der Waals surface area contributed by atoms with Gasteiger partial charge in [-0.3, -0.25) is 4.79 Å². The molecule has 1 fully saturated rings. The third kappa shape index (κ3) is 3.97. The fraction of sp³-hybridized carbons (Fsp3) is 0.588. The quantitative estimate of drug-likeness (QED) is 0.923. The number of benzene rings is 1. The van der Waals surface area contributed by atoms with E-state index in [0.29, 0.717) is 18.4 Å². The van der Waals surface area contributed by atoms with Crippen LogP contribution in [0.25, 0.3) is 0 Å². The number of hydrogen-bond donors (Lipinski definition) is 1. The summed E-state index contributed by atoms with van der Waals surface area (Å²) in [7, 11) is 1.65. The molecule has 21 heavy (non-hydrogen) atoms. The molecule has 1 aliphatic rings. The first-order valence-electron chi connectivity index (χ1n) is 7.67. The van der Waals surface area contributed by atoms with Crippen LogP contribution in [0.3, 0.4) is 0 Å². The summed E-state index contributed by atoms with van der Waals surface area (Å²) in [5, 5.41) is 3.52. The van der Waals surface area contributed by atoms with Crippen LogP contribution in [0.2, 0.25) is 0 Å². The second kappa shape index (κ2) is 6.94. The minimum absolute atomic E-state index is 0.208. The third-order valence-electron chi connectivity index (χ3n) is 4.24. The standard InChI is InChI=1S/C17H26N2O2/c1-12(2)16-11-19(13(3)10-18-16)17(20)9-14-5-7-15(21-4)8-6-14/h5-8,12-13,16,18H,9-11H2,1-4H3. The van der Waals surface area contributed by atoms with Crippen molar-refractivity contribution in [2.24, 2.45) is 5.92 Å². The normalized spacial score (nSPS) is 22.4. The number of rotatable bonds is 4. The summed E-state index contributed by atoms with van der Waals surface area (Å²) in [4.78, 5) is 14.6. The van der Waals surface area contributed by atoms with E-state index >= 15 is 0 Å². The van der Waals surface area contributed by atoms with Crippen LogP contribution >= 0.6 is 0 Å². The molecule has 2 unspecified atom stereocenters. The monoisotopic (exact) mass is 290 g/mol. The van der Waals surface area contributed by atoms with Gasteiger partial charge >= 0.3 is 0 Å². The Kier molecular flexibility index (Phi) is 5.23. The van der Waals surface area contributed by atoms with E-state index in [2.05, 4.69) is 26.1 Å². The van der Waals surface area contributed by atoms with E-state index in [0.717, 1.165) is 24.4 Å². The van der Waals surface area contributed by atoms with Gasteiger partial charge in [0.05, 0.1) is 13.5 Å². The molecule has 4 nitrogen and oxygen atoms in total. The molecular formula is C17H26N2O2. The van der Waals surface area contributed by atoms with Gasteiger partial charge in [0.25, 0.3) is 0 Å². The molecule has 2 rings (SSSR count). The number of nitrogens with one attached hydrogen (secondary N) is 1. The first kappa shape index (κ1) is 15.8. The summed E-state index contributed by atoms with van der Waals surface area (Å²) in [6, 6.07) is 8.38. The Labute approximate surface area is 127 Å². The highest BCUT2D eigenvalue weighted by atomic mass is 16.5. The summed E-state index contributed by atoms with van der Waals surface area (Å²) in [5.41, 5.74) is 1.03. The molecule has 1 amide bonds. The number of carbonyl (C=O) groups excluding carboxylic acids is 1. The third-order valence-corrected chi connectivity index (χ3v) is 4.24. The van der Waals surface area contributed by atoms with Crippen molar-refractivity contribution in [2.75, 3.05) is 20.2 Å². The lowest BCUT2D eigenvalue weighted by molar-refractivity contribution is -0.134. The van der Waals surface area contributed by atoms with Gasteiger partial charge in [-0.1, -0.05) is 26.0 Å². The molecule has 0 bridgehead atoms. The maximum Gasteiger partial charge on any atom is 0.227 e. The number of piperazine rings is 1. The number of nitrogens with zero attached hydrogens (tertiary/aromatic N) is 1. The van der Waals surface area contributed by atoms with Crippen LogP contribution in [0, 0.1) is 5.92 Å². The van der Waals surface area contributed by atoms with Crippen LogP contribution < -0.4 is 10.1 Å². The second-order valence-electron chi connectivity index (χ2n) is 6.18. The molecule has 1 N–H and O–H groups in total. The summed E-state index contributed by atoms with van der Waals surface area (Å²) in [6.45, 7) is 8.17. The fourth-order valence-electron chi connectivity index (χ4n) is 2.70. The highest BCUT2D eigenvalue weighted by Gasteiger charge is 2.29. The van der Waals surface area contributed by atoms with Crippen LogP contribution in [-0.4, -0.2) is 43.1 Å². The van der Waals surface area contributed by atoms with Crippen LogP contribution in [0.5, 0.6) is 5.75 Å². The lowest BCUT2D eigenvalue weighted by Gasteiger charge is -2.40. The van der Waals surface area contributed by atoms with E-state index in [4.69, 9.17) is 4.74 Å². The van der Waals surface area contributed by atoms with Crippen molar-refractivity contribution >= 4 is 5.91 Å². The smallest absolute Gasteiger partial charge is 0.227 e. The number of hydrogen-bond acceptors (Lipinski definition) is 3. The van der Waals surface area contributed by atoms with E-state index in [1.165, 1.54) is 0 Å². The average Bonchev–Trinajstić information content (AvgIpc) is 2.48. The van der Waals surface area contributed by atoms with E-state index < -0.39 is 0 Å². The van der Waals surface area contributed by atoms with Gasteiger partial charge in [0, 0.05) is 25.2 Å². The maximum absolute atomic E-state index is 12.6. The Hall–Kier alpha value is -1.55. The largest absolute Gasteiger partial charge is 0.497 e. The van der Waals surface area contributed by atoms with Gasteiger partial charge in [-0.2, -0.15) is 0 Å². The Bertz CT molecular complexity index is 470. The number of ether oxygens (including phenoxy) is 1. The van der Waals surface area contributed by atoms with E-state index in [-0.39, 0.29) is 11.9 Å². The van der Waals surface area contributed by atoms with Crippen molar-refractivity contribution < 1.29 is 9.53 Å². The van der Waals surface area contributed by atoms with Crippen molar-refractivity contribution in [3.05, 3.63) is 29.8 Å². The topological polar surface area (TPSA) is 41.6 Å². The zero-order valence-corrected chi connectivity index (χ0v) is 13.4. The zero-order chi connectivity index (χ0) is 15.4. The molecule has 1 aromatic rings. The van der Waals surface area contributed by atoms with Crippen molar-refractivity contribution in [3.8, 4) is 5.75 Å².